The predicted octanol–water partition coefficient (Wildman–Crippen LogP) is 2.88. The van der Waals surface area contributed by atoms with Gasteiger partial charge in [0.05, 0.1) is 5.57 Å². The van der Waals surface area contributed by atoms with Crippen LogP contribution >= 0.6 is 0 Å². The number of ketones is 3. The molecule has 29 heavy (non-hydrogen) atoms. The largest absolute Gasteiger partial charge is 0.875 e. The molecule has 0 aliphatic heterocycles. The summed E-state index contributed by atoms with van der Waals surface area (Å²) in [5, 5.41) is 12.4. The minimum atomic E-state index is -1.03. The first-order chi connectivity index (χ1) is 13.9. The van der Waals surface area contributed by atoms with Crippen molar-refractivity contribution in [1.82, 2.24) is 0 Å². The third-order valence-electron chi connectivity index (χ3n) is 6.73. The summed E-state index contributed by atoms with van der Waals surface area (Å²) in [6.07, 6.45) is 7.04. The van der Waals surface area contributed by atoms with Crippen molar-refractivity contribution in [2.75, 3.05) is 0 Å². The third kappa shape index (κ3) is 3.53. The normalized spacial score (nSPS) is 39.2. The molecule has 0 aromatic heterocycles. The number of carbonyl (C=O) groups is 3. The molecule has 4 aliphatic rings. The molecule has 4 rings (SSSR count). The number of allylic oxidation sites excluding steroid dienone is 8. The molecule has 154 valence electrons. The number of halogens is 2. The number of Topliss-reactive ketones (excluding diaryl/α,β-unsaturated/α-hetero) is 3. The maximum Gasteiger partial charge on any atom is 0.170 e. The summed E-state index contributed by atoms with van der Waals surface area (Å²) in [6.45, 7) is 0. The van der Waals surface area contributed by atoms with E-state index in [1.807, 2.05) is 0 Å². The van der Waals surface area contributed by atoms with Crippen LogP contribution in [-0.2, 0) is 14.4 Å². The number of alkyl halides is 2. The number of hydrogen-bond donors (Lipinski definition) is 0. The quantitative estimate of drug-likeness (QED) is 0.414. The number of rotatable bonds is 3. The molecule has 0 saturated heterocycles. The molecule has 0 heterocycles. The van der Waals surface area contributed by atoms with Crippen molar-refractivity contribution in [3.63, 3.8) is 0 Å². The second kappa shape index (κ2) is 7.81. The molecule has 6 unspecified atom stereocenters. The Balaban J connectivity index is 1.44. The standard InChI is InChI=1S/C23H24F2O4/c24-12-6-8-14-18(10-12)22(28)16(20(14)26)4-2-1-3-5-17-21(27)15-9-7-13(25)11-19(15)23(17)29/h1-5,12-15,18-19,28H,6-11H2/p-1. The SMILES string of the molecule is O=C1C(=CC=CC=CC2=C([O-])C3CC(F)CCC3C2=O)C(=O)C2CC(F)CCC12. The molecule has 0 amide bonds. The Kier molecular flexibility index (Phi) is 5.36. The highest BCUT2D eigenvalue weighted by Crippen LogP contribution is 2.43. The molecular formula is C23H23F2O4-. The lowest BCUT2D eigenvalue weighted by Crippen LogP contribution is -2.29. The van der Waals surface area contributed by atoms with Crippen LogP contribution in [0.4, 0.5) is 8.78 Å². The van der Waals surface area contributed by atoms with Gasteiger partial charge in [0.2, 0.25) is 0 Å². The van der Waals surface area contributed by atoms with Gasteiger partial charge in [-0.15, -0.1) is 5.76 Å². The summed E-state index contributed by atoms with van der Waals surface area (Å²) >= 11 is 0. The lowest BCUT2D eigenvalue weighted by atomic mass is 9.79. The van der Waals surface area contributed by atoms with Crippen molar-refractivity contribution in [2.45, 2.75) is 50.9 Å². The van der Waals surface area contributed by atoms with Crippen LogP contribution < -0.4 is 5.11 Å². The Labute approximate surface area is 168 Å². The number of fused-ring (bicyclic) bond motifs is 2. The van der Waals surface area contributed by atoms with Crippen molar-refractivity contribution < 1.29 is 28.3 Å². The van der Waals surface area contributed by atoms with Gasteiger partial charge in [0.25, 0.3) is 0 Å². The lowest BCUT2D eigenvalue weighted by Gasteiger charge is -2.30. The van der Waals surface area contributed by atoms with Gasteiger partial charge >= 0.3 is 0 Å². The van der Waals surface area contributed by atoms with E-state index in [-0.39, 0.29) is 47.1 Å². The highest BCUT2D eigenvalue weighted by molar-refractivity contribution is 6.27. The molecule has 0 bridgehead atoms. The van der Waals surface area contributed by atoms with Gasteiger partial charge in [-0.3, -0.25) is 14.4 Å². The number of carbonyl (C=O) groups excluding carboxylic acids is 3. The summed E-state index contributed by atoms with van der Waals surface area (Å²) in [7, 11) is 0. The Bertz CT molecular complexity index is 866. The van der Waals surface area contributed by atoms with Crippen molar-refractivity contribution in [3.05, 3.63) is 47.3 Å². The first-order valence-electron chi connectivity index (χ1n) is 10.3. The van der Waals surface area contributed by atoms with Crippen LogP contribution in [-0.4, -0.2) is 29.7 Å². The molecule has 0 aromatic rings. The van der Waals surface area contributed by atoms with Gasteiger partial charge in [0.15, 0.2) is 17.3 Å². The maximum absolute atomic E-state index is 13.6. The first kappa shape index (κ1) is 19.9. The molecule has 4 nitrogen and oxygen atoms in total. The van der Waals surface area contributed by atoms with Gasteiger partial charge < -0.3 is 5.11 Å². The Morgan fingerprint density at radius 1 is 0.724 bits per heavy atom. The Hall–Kier alpha value is -2.37. The topological polar surface area (TPSA) is 74.3 Å². The van der Waals surface area contributed by atoms with E-state index in [0.717, 1.165) is 0 Å². The minimum absolute atomic E-state index is 0.0967. The van der Waals surface area contributed by atoms with Crippen LogP contribution in [0.3, 0.4) is 0 Å². The van der Waals surface area contributed by atoms with Crippen LogP contribution in [0, 0.1) is 23.7 Å². The molecule has 6 heteroatoms. The average molecular weight is 401 g/mol. The minimum Gasteiger partial charge on any atom is -0.875 e. The highest BCUT2D eigenvalue weighted by atomic mass is 19.1. The lowest BCUT2D eigenvalue weighted by molar-refractivity contribution is -0.317. The molecule has 3 saturated carbocycles. The van der Waals surface area contributed by atoms with Gasteiger partial charge in [-0.05, 0) is 50.5 Å². The third-order valence-corrected chi connectivity index (χ3v) is 6.73. The zero-order valence-electron chi connectivity index (χ0n) is 16.0. The molecule has 0 N–H and O–H groups in total. The molecule has 0 spiro atoms. The van der Waals surface area contributed by atoms with Crippen molar-refractivity contribution >= 4 is 17.3 Å². The molecule has 4 aliphatic carbocycles. The monoisotopic (exact) mass is 401 g/mol. The zero-order chi connectivity index (χ0) is 20.7. The Morgan fingerprint density at radius 2 is 1.31 bits per heavy atom. The fourth-order valence-electron chi connectivity index (χ4n) is 5.18. The molecular weight excluding hydrogens is 378 g/mol. The van der Waals surface area contributed by atoms with Crippen molar-refractivity contribution in [3.8, 4) is 0 Å². The van der Waals surface area contributed by atoms with E-state index in [2.05, 4.69) is 0 Å². The second-order valence-corrected chi connectivity index (χ2v) is 8.44. The Morgan fingerprint density at radius 3 is 2.00 bits per heavy atom. The molecule has 0 radical (unpaired) electrons. The van der Waals surface area contributed by atoms with E-state index in [1.165, 1.54) is 24.3 Å². The summed E-state index contributed by atoms with van der Waals surface area (Å²) in [4.78, 5) is 37.2. The van der Waals surface area contributed by atoms with Gasteiger partial charge in [0, 0.05) is 23.3 Å². The first-order valence-corrected chi connectivity index (χ1v) is 10.3. The van der Waals surface area contributed by atoms with Crippen LogP contribution in [0.15, 0.2) is 47.3 Å². The maximum atomic E-state index is 13.6. The van der Waals surface area contributed by atoms with Crippen LogP contribution in [0.1, 0.15) is 38.5 Å². The van der Waals surface area contributed by atoms with E-state index >= 15 is 0 Å². The van der Waals surface area contributed by atoms with Crippen molar-refractivity contribution in [1.29, 1.82) is 0 Å². The van der Waals surface area contributed by atoms with E-state index in [1.54, 1.807) is 6.08 Å². The molecule has 0 aromatic carbocycles. The van der Waals surface area contributed by atoms with Crippen LogP contribution in [0.2, 0.25) is 0 Å². The average Bonchev–Trinajstić information content (AvgIpc) is 3.07. The van der Waals surface area contributed by atoms with E-state index in [0.29, 0.717) is 25.7 Å². The van der Waals surface area contributed by atoms with E-state index in [4.69, 9.17) is 0 Å². The summed E-state index contributed by atoms with van der Waals surface area (Å²) in [5.41, 5.74) is 0.193. The predicted molar refractivity (Wildman–Crippen MR) is 99.9 cm³/mol. The van der Waals surface area contributed by atoms with E-state index < -0.39 is 36.0 Å². The van der Waals surface area contributed by atoms with E-state index in [9.17, 15) is 28.3 Å². The molecule has 3 fully saturated rings. The fraction of sp³-hybridized carbons (Fsp3) is 0.522. The van der Waals surface area contributed by atoms with Crippen LogP contribution in [0.5, 0.6) is 0 Å². The van der Waals surface area contributed by atoms with Gasteiger partial charge in [0.1, 0.15) is 12.3 Å². The number of hydrogen-bond acceptors (Lipinski definition) is 4. The van der Waals surface area contributed by atoms with Gasteiger partial charge in [-0.25, -0.2) is 8.78 Å². The van der Waals surface area contributed by atoms with Crippen LogP contribution in [0.25, 0.3) is 0 Å². The fourth-order valence-corrected chi connectivity index (χ4v) is 5.18. The van der Waals surface area contributed by atoms with Gasteiger partial charge in [-0.1, -0.05) is 24.3 Å². The van der Waals surface area contributed by atoms with Gasteiger partial charge in [-0.2, -0.15) is 0 Å². The van der Waals surface area contributed by atoms with Crippen molar-refractivity contribution in [2.24, 2.45) is 23.7 Å². The smallest absolute Gasteiger partial charge is 0.170 e. The summed E-state index contributed by atoms with van der Waals surface area (Å²) < 4.78 is 27.1. The summed E-state index contributed by atoms with van der Waals surface area (Å²) in [5.74, 6) is -2.94. The summed E-state index contributed by atoms with van der Waals surface area (Å²) in [6, 6.07) is 0. The zero-order valence-corrected chi connectivity index (χ0v) is 16.0. The molecule has 6 atom stereocenters. The second-order valence-electron chi connectivity index (χ2n) is 8.44. The highest BCUT2D eigenvalue weighted by Gasteiger charge is 2.48.